The Labute approximate surface area is 339 Å². The first-order valence-corrected chi connectivity index (χ1v) is 19.4. The number of Topliss-reactive ketones (excluding diaryl/α,β-unsaturated/α-hetero) is 1. The zero-order valence-electron chi connectivity index (χ0n) is 32.4. The van der Waals surface area contributed by atoms with Gasteiger partial charge in [0.25, 0.3) is 0 Å². The number of hydrogen-bond donors (Lipinski definition) is 2. The van der Waals surface area contributed by atoms with Gasteiger partial charge in [0.1, 0.15) is 59.9 Å². The summed E-state index contributed by atoms with van der Waals surface area (Å²) >= 11 is 0. The molecule has 1 saturated heterocycles. The lowest BCUT2D eigenvalue weighted by Crippen LogP contribution is -2.58. The van der Waals surface area contributed by atoms with Crippen molar-refractivity contribution in [3.05, 3.63) is 197 Å². The van der Waals surface area contributed by atoms with Crippen LogP contribution in [0.15, 0.2) is 158 Å². The van der Waals surface area contributed by atoms with E-state index >= 15 is 0 Å². The number of carbonyl (C=O) groups is 1. The fraction of sp³-hybridized carbons (Fsp3) is 0.245. The Hall–Kier alpha value is -5.81. The minimum atomic E-state index is -1.10. The molecule has 1 fully saturated rings. The van der Waals surface area contributed by atoms with Crippen LogP contribution >= 0.6 is 0 Å². The van der Waals surface area contributed by atoms with Gasteiger partial charge >= 0.3 is 0 Å². The van der Waals surface area contributed by atoms with Crippen molar-refractivity contribution >= 4 is 5.78 Å². The zero-order valence-corrected chi connectivity index (χ0v) is 32.4. The summed E-state index contributed by atoms with van der Waals surface area (Å²) < 4.78 is 40.4. The molecule has 2 unspecified atom stereocenters. The van der Waals surface area contributed by atoms with E-state index in [1.54, 1.807) is 0 Å². The van der Waals surface area contributed by atoms with Gasteiger partial charge in [-0.2, -0.15) is 0 Å². The van der Waals surface area contributed by atoms with E-state index in [2.05, 4.69) is 0 Å². The van der Waals surface area contributed by atoms with E-state index in [4.69, 9.17) is 28.4 Å². The molecule has 58 heavy (non-hydrogen) atoms. The normalized spacial score (nSPS) is 19.1. The van der Waals surface area contributed by atoms with Gasteiger partial charge in [-0.15, -0.1) is 0 Å². The topological polar surface area (TPSA) is 113 Å². The molecule has 6 aromatic carbocycles. The molecule has 0 amide bonds. The molecule has 9 heteroatoms. The molecule has 7 rings (SSSR count). The molecule has 0 bridgehead atoms. The van der Waals surface area contributed by atoms with E-state index in [0.29, 0.717) is 6.61 Å². The van der Waals surface area contributed by atoms with Crippen LogP contribution in [-0.4, -0.2) is 47.0 Å². The van der Waals surface area contributed by atoms with Gasteiger partial charge in [0.05, 0.1) is 38.6 Å². The average molecular weight is 781 g/mol. The number of carbonyl (C=O) groups excluding carboxylic acids is 1. The van der Waals surface area contributed by atoms with E-state index in [1.807, 2.05) is 152 Å². The third kappa shape index (κ3) is 10.4. The Balaban J connectivity index is 1.34. The maximum Gasteiger partial charge on any atom is 0.167 e. The van der Waals surface area contributed by atoms with E-state index < -0.39 is 47.8 Å². The Bertz CT molecular complexity index is 2170. The number of hydrogen-bond acceptors (Lipinski definition) is 9. The van der Waals surface area contributed by atoms with Crippen LogP contribution in [0.5, 0.6) is 17.2 Å². The molecule has 298 valence electrons. The summed E-state index contributed by atoms with van der Waals surface area (Å²) in [4.78, 5) is 13.0. The second kappa shape index (κ2) is 20.1. The molecule has 1 heterocycles. The first kappa shape index (κ1) is 40.4. The number of rotatable bonds is 18. The van der Waals surface area contributed by atoms with Crippen molar-refractivity contribution in [2.45, 2.75) is 70.5 Å². The summed E-state index contributed by atoms with van der Waals surface area (Å²) in [6.45, 7) is 2.41. The lowest BCUT2D eigenvalue weighted by Gasteiger charge is -2.46. The lowest BCUT2D eigenvalue weighted by atomic mass is 9.88. The Morgan fingerprint density at radius 1 is 0.552 bits per heavy atom. The molecular weight excluding hydrogens is 733 g/mol. The molecular formula is C49H48O9. The standard InChI is InChI=1S/C49H48O9/c1-34(50)43-40(51)27-41(54-29-36-19-9-3-10-20-36)44(45(43)52)47-49(57-32-39-25-15-6-16-26-39)48(56-31-38-23-13-5-14-24-38)46(55-30-37-21-11-4-12-22-37)42(58-47)33-53-28-35-17-7-2-8-18-35/h2-27,42,46-49,51-52H,28-33H2,1H3/t42?,46-,47+,48?,49-/m1/s1. The fourth-order valence-corrected chi connectivity index (χ4v) is 7.15. The summed E-state index contributed by atoms with van der Waals surface area (Å²) in [6.07, 6.45) is -4.37. The van der Waals surface area contributed by atoms with Gasteiger partial charge in [-0.3, -0.25) is 4.79 Å². The van der Waals surface area contributed by atoms with E-state index in [-0.39, 0.29) is 49.9 Å². The predicted molar refractivity (Wildman–Crippen MR) is 219 cm³/mol. The maximum atomic E-state index is 13.0. The second-order valence-corrected chi connectivity index (χ2v) is 14.2. The lowest BCUT2D eigenvalue weighted by molar-refractivity contribution is -0.275. The Morgan fingerprint density at radius 3 is 1.43 bits per heavy atom. The molecule has 0 saturated carbocycles. The zero-order chi connectivity index (χ0) is 40.1. The first-order chi connectivity index (χ1) is 28.4. The molecule has 0 aromatic heterocycles. The number of ketones is 1. The average Bonchev–Trinajstić information content (AvgIpc) is 3.25. The van der Waals surface area contributed by atoms with Crippen LogP contribution in [0.1, 0.15) is 56.8 Å². The first-order valence-electron chi connectivity index (χ1n) is 19.4. The van der Waals surface area contributed by atoms with E-state index in [1.165, 1.54) is 13.0 Å². The largest absolute Gasteiger partial charge is 0.507 e. The van der Waals surface area contributed by atoms with Gasteiger partial charge in [0.15, 0.2) is 5.78 Å². The van der Waals surface area contributed by atoms with Gasteiger partial charge in [0, 0.05) is 6.07 Å². The van der Waals surface area contributed by atoms with Crippen molar-refractivity contribution < 1.29 is 43.4 Å². The number of benzene rings is 6. The Morgan fingerprint density at radius 2 is 0.966 bits per heavy atom. The Kier molecular flexibility index (Phi) is 14.0. The van der Waals surface area contributed by atoms with Gasteiger partial charge in [-0.1, -0.05) is 152 Å². The summed E-state index contributed by atoms with van der Waals surface area (Å²) in [7, 11) is 0. The molecule has 0 aliphatic carbocycles. The number of ether oxygens (including phenoxy) is 6. The van der Waals surface area contributed by atoms with Gasteiger partial charge < -0.3 is 38.6 Å². The minimum Gasteiger partial charge on any atom is -0.507 e. The van der Waals surface area contributed by atoms with Crippen LogP contribution in [0.25, 0.3) is 0 Å². The molecule has 0 spiro atoms. The third-order valence-corrected chi connectivity index (χ3v) is 10.0. The molecule has 1 aliphatic heterocycles. The van der Waals surface area contributed by atoms with Crippen LogP contribution in [0.4, 0.5) is 0 Å². The number of aromatic hydroxyl groups is 2. The second-order valence-electron chi connectivity index (χ2n) is 14.2. The van der Waals surface area contributed by atoms with E-state index in [9.17, 15) is 15.0 Å². The fourth-order valence-electron chi connectivity index (χ4n) is 7.15. The third-order valence-electron chi connectivity index (χ3n) is 10.0. The number of phenols is 2. The highest BCUT2D eigenvalue weighted by molar-refractivity contribution is 6.00. The molecule has 2 N–H and O–H groups in total. The summed E-state index contributed by atoms with van der Waals surface area (Å²) in [5.74, 6) is -1.30. The van der Waals surface area contributed by atoms with Gasteiger partial charge in [-0.05, 0) is 34.7 Å². The highest BCUT2D eigenvalue weighted by Gasteiger charge is 2.51. The summed E-state index contributed by atoms with van der Waals surface area (Å²) in [5, 5.41) is 23.2. The van der Waals surface area contributed by atoms with Gasteiger partial charge in [-0.25, -0.2) is 0 Å². The van der Waals surface area contributed by atoms with Crippen molar-refractivity contribution in [1.82, 2.24) is 0 Å². The quantitative estimate of drug-likeness (QED) is 0.0825. The summed E-state index contributed by atoms with van der Waals surface area (Å²) in [6, 6.07) is 50.1. The maximum absolute atomic E-state index is 13.0. The SMILES string of the molecule is CC(=O)c1c(O)cc(OCc2ccccc2)c([C@@H]2OC(COCc3ccccc3)[C@@H](OCc3ccccc3)C(OCc3ccccc3)[C@@H]2OCc2ccccc2)c1O. The monoisotopic (exact) mass is 780 g/mol. The van der Waals surface area contributed by atoms with Gasteiger partial charge in [0.2, 0.25) is 0 Å². The highest BCUT2D eigenvalue weighted by Crippen LogP contribution is 2.48. The van der Waals surface area contributed by atoms with E-state index in [0.717, 1.165) is 27.8 Å². The molecule has 5 atom stereocenters. The predicted octanol–water partition coefficient (Wildman–Crippen LogP) is 9.29. The smallest absolute Gasteiger partial charge is 0.167 e. The van der Waals surface area contributed by atoms with Crippen molar-refractivity contribution in [3.63, 3.8) is 0 Å². The van der Waals surface area contributed by atoms with Crippen molar-refractivity contribution in [3.8, 4) is 17.2 Å². The highest BCUT2D eigenvalue weighted by atomic mass is 16.6. The molecule has 0 radical (unpaired) electrons. The van der Waals surface area contributed by atoms with Crippen molar-refractivity contribution in [2.75, 3.05) is 6.61 Å². The van der Waals surface area contributed by atoms with Crippen LogP contribution in [-0.2, 0) is 56.7 Å². The van der Waals surface area contributed by atoms with Crippen LogP contribution in [0.3, 0.4) is 0 Å². The summed E-state index contributed by atoms with van der Waals surface area (Å²) in [5.41, 5.74) is 4.51. The number of phenolic OH excluding ortho intramolecular Hbond substituents is 2. The molecule has 6 aromatic rings. The van der Waals surface area contributed by atoms with Crippen LogP contribution in [0.2, 0.25) is 0 Å². The van der Waals surface area contributed by atoms with Crippen molar-refractivity contribution in [2.24, 2.45) is 0 Å². The molecule has 9 nitrogen and oxygen atoms in total. The van der Waals surface area contributed by atoms with Crippen molar-refractivity contribution in [1.29, 1.82) is 0 Å². The molecule has 1 aliphatic rings. The van der Waals surface area contributed by atoms with Crippen LogP contribution < -0.4 is 4.74 Å². The van der Waals surface area contributed by atoms with Crippen LogP contribution in [0, 0.1) is 0 Å². The minimum absolute atomic E-state index is 0.0834.